The van der Waals surface area contributed by atoms with E-state index < -0.39 is 6.10 Å². The summed E-state index contributed by atoms with van der Waals surface area (Å²) in [6, 6.07) is 7.82. The highest BCUT2D eigenvalue weighted by Crippen LogP contribution is 2.26. The van der Waals surface area contributed by atoms with Gasteiger partial charge in [-0.2, -0.15) is 0 Å². The van der Waals surface area contributed by atoms with Gasteiger partial charge in [-0.25, -0.2) is 0 Å². The predicted octanol–water partition coefficient (Wildman–Crippen LogP) is 1.67. The molecule has 2 unspecified atom stereocenters. The van der Waals surface area contributed by atoms with Crippen LogP contribution in [0.1, 0.15) is 18.5 Å². The van der Waals surface area contributed by atoms with Gasteiger partial charge in [-0.05, 0) is 24.6 Å². The van der Waals surface area contributed by atoms with Gasteiger partial charge in [0.15, 0.2) is 0 Å². The Balaban J connectivity index is 2.21. The molecule has 3 nitrogen and oxygen atoms in total. The van der Waals surface area contributed by atoms with Gasteiger partial charge in [0.05, 0.1) is 12.1 Å². The summed E-state index contributed by atoms with van der Waals surface area (Å²) in [5.41, 5.74) is 1.09. The molecule has 1 fully saturated rings. The molecule has 1 saturated heterocycles. The fourth-order valence-electron chi connectivity index (χ4n) is 2.45. The van der Waals surface area contributed by atoms with E-state index in [1.54, 1.807) is 0 Å². The number of piperazine rings is 1. The summed E-state index contributed by atoms with van der Waals surface area (Å²) in [6.45, 7) is 5.71. The topological polar surface area (TPSA) is 35.5 Å². The van der Waals surface area contributed by atoms with Gasteiger partial charge in [0.1, 0.15) is 0 Å². The van der Waals surface area contributed by atoms with E-state index in [9.17, 15) is 5.11 Å². The van der Waals surface area contributed by atoms with Crippen LogP contribution in [0.2, 0.25) is 5.02 Å². The Morgan fingerprint density at radius 1 is 1.35 bits per heavy atom. The van der Waals surface area contributed by atoms with Crippen LogP contribution in [-0.2, 0) is 0 Å². The molecule has 1 aliphatic heterocycles. The normalized spacial score (nSPS) is 21.1. The Morgan fingerprint density at radius 3 is 2.65 bits per heavy atom. The number of benzene rings is 1. The van der Waals surface area contributed by atoms with Gasteiger partial charge in [-0.1, -0.05) is 23.7 Å². The maximum atomic E-state index is 10.0. The van der Waals surface area contributed by atoms with Crippen molar-refractivity contribution in [3.05, 3.63) is 34.9 Å². The zero-order valence-corrected chi connectivity index (χ0v) is 10.8. The summed E-state index contributed by atoms with van der Waals surface area (Å²) in [5.74, 6) is 0. The molecular formula is C13H19ClN2O. The number of halogens is 1. The second-order valence-electron chi connectivity index (χ2n) is 4.53. The number of rotatable bonds is 3. The zero-order chi connectivity index (χ0) is 12.3. The summed E-state index contributed by atoms with van der Waals surface area (Å²) in [5, 5.41) is 14.1. The molecule has 1 heterocycles. The molecule has 1 aliphatic rings. The van der Waals surface area contributed by atoms with Gasteiger partial charge in [0.25, 0.3) is 0 Å². The summed E-state index contributed by atoms with van der Waals surface area (Å²) in [6.07, 6.45) is -0.397. The second kappa shape index (κ2) is 5.83. The minimum absolute atomic E-state index is 0.0378. The minimum atomic E-state index is -0.397. The van der Waals surface area contributed by atoms with Crippen LogP contribution in [0.4, 0.5) is 0 Å². The molecule has 17 heavy (non-hydrogen) atoms. The van der Waals surface area contributed by atoms with E-state index in [0.29, 0.717) is 0 Å². The predicted molar refractivity (Wildman–Crippen MR) is 70.3 cm³/mol. The van der Waals surface area contributed by atoms with Gasteiger partial charge in [-0.15, -0.1) is 0 Å². The highest BCUT2D eigenvalue weighted by Gasteiger charge is 2.26. The lowest BCUT2D eigenvalue weighted by atomic mass is 10.00. The van der Waals surface area contributed by atoms with Gasteiger partial charge in [0, 0.05) is 31.2 Å². The SMILES string of the molecule is CC(O)C(c1cccc(Cl)c1)N1CCNCC1. The first-order chi connectivity index (χ1) is 8.18. The summed E-state index contributed by atoms with van der Waals surface area (Å²) in [4.78, 5) is 2.31. The standard InChI is InChI=1S/C13H19ClN2O/c1-10(17)13(16-7-5-15-6-8-16)11-3-2-4-12(14)9-11/h2-4,9-10,13,15,17H,5-8H2,1H3. The first-order valence-electron chi connectivity index (χ1n) is 6.07. The van der Waals surface area contributed by atoms with Crippen LogP contribution >= 0.6 is 11.6 Å². The molecule has 1 aromatic rings. The van der Waals surface area contributed by atoms with Crippen molar-refractivity contribution in [1.82, 2.24) is 10.2 Å². The van der Waals surface area contributed by atoms with Crippen LogP contribution < -0.4 is 5.32 Å². The molecular weight excluding hydrogens is 236 g/mol. The first-order valence-corrected chi connectivity index (χ1v) is 6.44. The first kappa shape index (κ1) is 12.8. The Bertz CT molecular complexity index is 364. The number of hydrogen-bond donors (Lipinski definition) is 2. The van der Waals surface area contributed by atoms with Crippen molar-refractivity contribution in [3.63, 3.8) is 0 Å². The quantitative estimate of drug-likeness (QED) is 0.861. The van der Waals surface area contributed by atoms with Gasteiger partial charge >= 0.3 is 0 Å². The van der Waals surface area contributed by atoms with Crippen LogP contribution in [-0.4, -0.2) is 42.3 Å². The number of hydrogen-bond acceptors (Lipinski definition) is 3. The molecule has 4 heteroatoms. The highest BCUT2D eigenvalue weighted by atomic mass is 35.5. The van der Waals surface area contributed by atoms with E-state index in [2.05, 4.69) is 10.2 Å². The molecule has 0 aromatic heterocycles. The number of aliphatic hydroxyl groups is 1. The Morgan fingerprint density at radius 2 is 2.06 bits per heavy atom. The summed E-state index contributed by atoms with van der Waals surface area (Å²) in [7, 11) is 0. The third-order valence-corrected chi connectivity index (χ3v) is 3.43. The lowest BCUT2D eigenvalue weighted by Crippen LogP contribution is -2.47. The second-order valence-corrected chi connectivity index (χ2v) is 4.96. The lowest BCUT2D eigenvalue weighted by molar-refractivity contribution is 0.0525. The van der Waals surface area contributed by atoms with Crippen LogP contribution in [0.5, 0.6) is 0 Å². The largest absolute Gasteiger partial charge is 0.391 e. The van der Waals surface area contributed by atoms with E-state index in [0.717, 1.165) is 36.8 Å². The molecule has 0 bridgehead atoms. The van der Waals surface area contributed by atoms with E-state index in [-0.39, 0.29) is 6.04 Å². The fourth-order valence-corrected chi connectivity index (χ4v) is 2.64. The third-order valence-electron chi connectivity index (χ3n) is 3.19. The van der Waals surface area contributed by atoms with Gasteiger partial charge in [-0.3, -0.25) is 4.90 Å². The van der Waals surface area contributed by atoms with Crippen LogP contribution in [0, 0.1) is 0 Å². The van der Waals surface area contributed by atoms with E-state index in [1.807, 2.05) is 31.2 Å². The molecule has 2 rings (SSSR count). The summed E-state index contributed by atoms with van der Waals surface area (Å²) >= 11 is 6.02. The molecule has 1 aromatic carbocycles. The third kappa shape index (κ3) is 3.19. The number of nitrogens with zero attached hydrogens (tertiary/aromatic N) is 1. The van der Waals surface area contributed by atoms with Crippen LogP contribution in [0.25, 0.3) is 0 Å². The number of aliphatic hydroxyl groups excluding tert-OH is 1. The van der Waals surface area contributed by atoms with Crippen molar-refractivity contribution in [1.29, 1.82) is 0 Å². The molecule has 0 spiro atoms. The fraction of sp³-hybridized carbons (Fsp3) is 0.538. The van der Waals surface area contributed by atoms with Crippen LogP contribution in [0.15, 0.2) is 24.3 Å². The maximum absolute atomic E-state index is 10.0. The van der Waals surface area contributed by atoms with Crippen molar-refractivity contribution in [2.75, 3.05) is 26.2 Å². The van der Waals surface area contributed by atoms with E-state index in [4.69, 9.17) is 11.6 Å². The Labute approximate surface area is 107 Å². The lowest BCUT2D eigenvalue weighted by Gasteiger charge is -2.36. The monoisotopic (exact) mass is 254 g/mol. The van der Waals surface area contributed by atoms with Crippen LogP contribution in [0.3, 0.4) is 0 Å². The Kier molecular flexibility index (Phi) is 4.40. The molecule has 2 atom stereocenters. The zero-order valence-electron chi connectivity index (χ0n) is 10.1. The smallest absolute Gasteiger partial charge is 0.0708 e. The van der Waals surface area contributed by atoms with Gasteiger partial charge < -0.3 is 10.4 Å². The molecule has 94 valence electrons. The Hall–Kier alpha value is -0.610. The number of nitrogens with one attached hydrogen (secondary N) is 1. The van der Waals surface area contributed by atoms with Gasteiger partial charge in [0.2, 0.25) is 0 Å². The molecule has 0 aliphatic carbocycles. The summed E-state index contributed by atoms with van der Waals surface area (Å²) < 4.78 is 0. The minimum Gasteiger partial charge on any atom is -0.391 e. The molecule has 0 amide bonds. The van der Waals surface area contributed by atoms with Crippen molar-refractivity contribution in [3.8, 4) is 0 Å². The van der Waals surface area contributed by atoms with Crippen molar-refractivity contribution in [2.24, 2.45) is 0 Å². The average Bonchev–Trinajstić information content (AvgIpc) is 2.30. The highest BCUT2D eigenvalue weighted by molar-refractivity contribution is 6.30. The van der Waals surface area contributed by atoms with E-state index >= 15 is 0 Å². The van der Waals surface area contributed by atoms with Crippen molar-refractivity contribution >= 4 is 11.6 Å². The van der Waals surface area contributed by atoms with Crippen molar-refractivity contribution in [2.45, 2.75) is 19.1 Å². The molecule has 0 saturated carbocycles. The van der Waals surface area contributed by atoms with E-state index in [1.165, 1.54) is 0 Å². The maximum Gasteiger partial charge on any atom is 0.0708 e. The average molecular weight is 255 g/mol. The van der Waals surface area contributed by atoms with Crippen molar-refractivity contribution < 1.29 is 5.11 Å². The molecule has 2 N–H and O–H groups in total. The molecule has 0 radical (unpaired) electrons.